The summed E-state index contributed by atoms with van der Waals surface area (Å²) in [7, 11) is 2.13. The standard InChI is InChI=1S/C17H21NO4.BrHO3/c1-18-13-7-11(8-14(18)16-15(13)22-16)21-17(20)12(9-19)10-5-3-2-4-6-10;2-1(3)4/h2-6,11-16,19H,7-9H2,1H3;2H/p+1/t11-,12-,13-,14+,15-,16+;/m1./s1. The van der Waals surface area contributed by atoms with Crippen LogP contribution in [0.2, 0.25) is 0 Å². The fourth-order valence-electron chi connectivity index (χ4n) is 4.04. The molecule has 0 aliphatic carbocycles. The van der Waals surface area contributed by atoms with E-state index < -0.39 is 20.7 Å². The van der Waals surface area contributed by atoms with E-state index in [4.69, 9.17) is 22.1 Å². The summed E-state index contributed by atoms with van der Waals surface area (Å²) in [6, 6.07) is 10.1. The minimum Gasteiger partial charge on any atom is -0.462 e. The number of carbonyl (C=O) groups excluding carboxylic acids is 1. The highest BCUT2D eigenvalue weighted by molar-refractivity contribution is 5.78. The van der Waals surface area contributed by atoms with Gasteiger partial charge in [-0.1, -0.05) is 30.3 Å². The minimum atomic E-state index is -3.40. The molecule has 3 heterocycles. The first kappa shape index (κ1) is 19.7. The molecule has 0 saturated carbocycles. The molecule has 1 aromatic rings. The van der Waals surface area contributed by atoms with Crippen LogP contribution in [0, 0.1) is 14.8 Å². The number of benzene rings is 1. The number of aliphatic hydroxyl groups is 1. The average Bonchev–Trinajstić information content (AvgIpc) is 3.34. The summed E-state index contributed by atoms with van der Waals surface area (Å²) >= 11 is -3.40. The lowest BCUT2D eigenvalue weighted by Gasteiger charge is -2.38. The molecule has 0 amide bonds. The minimum absolute atomic E-state index is 0. The highest BCUT2D eigenvalue weighted by Gasteiger charge is 2.62. The number of epoxide rings is 1. The third kappa shape index (κ3) is 4.25. The molecule has 26 heavy (non-hydrogen) atoms. The molecule has 2 bridgehead atoms. The van der Waals surface area contributed by atoms with Crippen LogP contribution in [0.1, 0.15) is 25.7 Å². The zero-order valence-corrected chi connectivity index (χ0v) is 15.8. The second kappa shape index (κ2) is 8.30. The highest BCUT2D eigenvalue weighted by Crippen LogP contribution is 2.48. The number of aliphatic hydroxyl groups excluding tert-OH is 1. The second-order valence-electron chi connectivity index (χ2n) is 6.74. The van der Waals surface area contributed by atoms with E-state index in [1.54, 1.807) is 0 Å². The topological polar surface area (TPSA) is 129 Å². The number of hydrogen-bond acceptors (Lipinski definition) is 8. The van der Waals surface area contributed by atoms with E-state index >= 15 is 0 Å². The zero-order valence-electron chi connectivity index (χ0n) is 15.2. The van der Waals surface area contributed by atoms with Crippen molar-refractivity contribution in [2.45, 2.75) is 49.2 Å². The number of likely N-dealkylation sites (N-methyl/N-ethyl adjacent to an activating group) is 1. The Kier molecular flexibility index (Phi) is 6.29. The van der Waals surface area contributed by atoms with E-state index in [9.17, 15) is 9.90 Å². The number of nitrogens with zero attached hydrogens (tertiary/aromatic N) is 1. The van der Waals surface area contributed by atoms with Crippen LogP contribution >= 0.6 is 0 Å². The van der Waals surface area contributed by atoms with Crippen molar-refractivity contribution < 1.29 is 48.2 Å². The predicted molar refractivity (Wildman–Crippen MR) is 82.7 cm³/mol. The Morgan fingerprint density at radius 2 is 1.88 bits per heavy atom. The third-order valence-corrected chi connectivity index (χ3v) is 5.33. The van der Waals surface area contributed by atoms with Crippen molar-refractivity contribution in [3.63, 3.8) is 0 Å². The maximum absolute atomic E-state index is 12.4. The van der Waals surface area contributed by atoms with Crippen LogP contribution in [0.15, 0.2) is 30.3 Å². The second-order valence-corrected chi connectivity index (χ2v) is 7.59. The van der Waals surface area contributed by atoms with Crippen molar-refractivity contribution in [2.24, 2.45) is 0 Å². The van der Waals surface area contributed by atoms with Crippen molar-refractivity contribution >= 4 is 5.97 Å². The molecule has 6 atom stereocenters. The van der Waals surface area contributed by atoms with Gasteiger partial charge in [-0.3, -0.25) is 9.69 Å². The lowest BCUT2D eigenvalue weighted by molar-refractivity contribution is -1.63. The highest BCUT2D eigenvalue weighted by atomic mass is 80.0. The van der Waals surface area contributed by atoms with Crippen LogP contribution in [-0.2, 0) is 14.3 Å². The number of ether oxygens (including phenoxy) is 2. The van der Waals surface area contributed by atoms with E-state index in [1.807, 2.05) is 30.3 Å². The number of hydrogen-bond donors (Lipinski definition) is 2. The van der Waals surface area contributed by atoms with Gasteiger partial charge >= 0.3 is 22.2 Å². The van der Waals surface area contributed by atoms with Crippen LogP contribution in [0.4, 0.5) is 0 Å². The molecular weight excluding hydrogens is 410 g/mol. The molecule has 8 nitrogen and oxygen atoms in total. The summed E-state index contributed by atoms with van der Waals surface area (Å²) in [6.07, 6.45) is 2.26. The average molecular weight is 433 g/mol. The van der Waals surface area contributed by atoms with Crippen molar-refractivity contribution in [3.05, 3.63) is 35.9 Å². The molecule has 3 aliphatic heterocycles. The van der Waals surface area contributed by atoms with E-state index in [-0.39, 0.29) is 20.1 Å². The van der Waals surface area contributed by atoms with Crippen molar-refractivity contribution in [2.75, 3.05) is 13.7 Å². The lowest BCUT2D eigenvalue weighted by Crippen LogP contribution is -2.48. The monoisotopic (exact) mass is 432 g/mol. The maximum atomic E-state index is 12.4. The molecule has 4 rings (SSSR count). The Hall–Kier alpha value is -1.07. The molecular formula is C17H23BrNO7+. The van der Waals surface area contributed by atoms with Gasteiger partial charge in [-0.15, -0.1) is 0 Å². The van der Waals surface area contributed by atoms with Crippen molar-refractivity contribution in [1.29, 1.82) is 0 Å². The van der Waals surface area contributed by atoms with Crippen molar-refractivity contribution in [1.82, 2.24) is 4.90 Å². The Labute approximate surface area is 158 Å². The molecule has 9 heteroatoms. The summed E-state index contributed by atoms with van der Waals surface area (Å²) in [6.45, 7) is -0.226. The quantitative estimate of drug-likeness (QED) is 0.416. The number of piperidine rings is 1. The summed E-state index contributed by atoms with van der Waals surface area (Å²) in [5.41, 5.74) is 0.803. The van der Waals surface area contributed by atoms with Gasteiger partial charge in [0.15, 0.2) is 0 Å². The zero-order chi connectivity index (χ0) is 18.8. The van der Waals surface area contributed by atoms with Gasteiger partial charge in [0, 0.05) is 24.9 Å². The van der Waals surface area contributed by atoms with E-state index in [0.29, 0.717) is 24.3 Å². The smallest absolute Gasteiger partial charge is 0.462 e. The largest absolute Gasteiger partial charge is 1.00 e. The van der Waals surface area contributed by atoms with Gasteiger partial charge in [0.2, 0.25) is 0 Å². The molecule has 3 fully saturated rings. The van der Waals surface area contributed by atoms with Gasteiger partial charge in [0.1, 0.15) is 24.2 Å². The van der Waals surface area contributed by atoms with E-state index in [1.165, 1.54) is 0 Å². The lowest BCUT2D eigenvalue weighted by atomic mass is 9.97. The maximum Gasteiger partial charge on any atom is 1.00 e. The number of halogens is 1. The van der Waals surface area contributed by atoms with E-state index in [0.717, 1.165) is 18.4 Å². The Morgan fingerprint density at radius 1 is 1.35 bits per heavy atom. The van der Waals surface area contributed by atoms with Gasteiger partial charge < -0.3 is 23.0 Å². The first-order chi connectivity index (χ1) is 12.4. The predicted octanol–water partition coefficient (Wildman–Crippen LogP) is -1.90. The molecule has 3 aliphatic rings. The molecule has 0 aromatic heterocycles. The van der Waals surface area contributed by atoms with Gasteiger partial charge in [0.05, 0.1) is 6.61 Å². The van der Waals surface area contributed by atoms with Crippen molar-refractivity contribution in [3.8, 4) is 0 Å². The Balaban J connectivity index is 0.000000479. The van der Waals surface area contributed by atoms with Crippen LogP contribution in [0.5, 0.6) is 0 Å². The normalized spacial score (nSPS) is 33.1. The summed E-state index contributed by atoms with van der Waals surface area (Å²) in [4.78, 5) is 14.8. The molecule has 144 valence electrons. The van der Waals surface area contributed by atoms with Crippen LogP contribution < -0.4 is 8.40 Å². The van der Waals surface area contributed by atoms with Crippen LogP contribution in [0.25, 0.3) is 0 Å². The molecule has 1 aromatic carbocycles. The molecule has 0 radical (unpaired) electrons. The fraction of sp³-hybridized carbons (Fsp3) is 0.588. The molecule has 2 N–H and O–H groups in total. The van der Waals surface area contributed by atoms with E-state index in [2.05, 4.69) is 11.9 Å². The third-order valence-electron chi connectivity index (χ3n) is 5.33. The van der Waals surface area contributed by atoms with Gasteiger partial charge in [-0.25, -0.2) is 0 Å². The number of esters is 1. The first-order valence-electron chi connectivity index (χ1n) is 8.40. The molecule has 0 unspecified atom stereocenters. The number of carbonyl (C=O) groups is 1. The van der Waals surface area contributed by atoms with Crippen LogP contribution in [0.3, 0.4) is 0 Å². The first-order valence-corrected chi connectivity index (χ1v) is 10.4. The van der Waals surface area contributed by atoms with Crippen LogP contribution in [-0.4, -0.2) is 64.2 Å². The van der Waals surface area contributed by atoms with Gasteiger partial charge in [-0.2, -0.15) is 0 Å². The van der Waals surface area contributed by atoms with Gasteiger partial charge in [0.25, 0.3) is 0 Å². The molecule has 3 saturated heterocycles. The number of rotatable bonds is 4. The Bertz CT molecular complexity index is 602. The summed E-state index contributed by atoms with van der Waals surface area (Å²) in [5, 5.41) is 9.56. The SMILES string of the molecule is CN1[C@@H]2C[C@@H](OC(=O)[C@H](CO)c3ccccc3)C[C@H]1[C@@H]1O[C@@H]12.[H+].[O-][Br+2]([O-])O. The number of fused-ring (bicyclic) bond motifs is 5. The van der Waals surface area contributed by atoms with Gasteiger partial charge in [-0.05, 0) is 16.8 Å². The summed E-state index contributed by atoms with van der Waals surface area (Å²) in [5.74, 6) is -0.915. The fourth-order valence-corrected chi connectivity index (χ4v) is 4.04. The summed E-state index contributed by atoms with van der Waals surface area (Å²) < 4.78 is 35.7. The molecule has 0 spiro atoms. The Morgan fingerprint density at radius 3 is 2.38 bits per heavy atom. The number of morpholine rings is 1.